The van der Waals surface area contributed by atoms with Crippen LogP contribution < -0.4 is 5.73 Å². The van der Waals surface area contributed by atoms with Crippen LogP contribution in [0.5, 0.6) is 0 Å². The Kier molecular flexibility index (Phi) is 1.47. The first-order valence-corrected chi connectivity index (χ1v) is 4.58. The Balaban J connectivity index is 2.32. The van der Waals surface area contributed by atoms with Gasteiger partial charge >= 0.3 is 5.97 Å². The zero-order chi connectivity index (χ0) is 9.69. The van der Waals surface area contributed by atoms with Gasteiger partial charge in [-0.05, 0) is 19.3 Å². The van der Waals surface area contributed by atoms with Crippen LogP contribution in [0.4, 0.5) is 0 Å². The summed E-state index contributed by atoms with van der Waals surface area (Å²) < 4.78 is 0. The first-order chi connectivity index (χ1) is 6.05. The lowest BCUT2D eigenvalue weighted by Crippen LogP contribution is -2.36. The maximum absolute atomic E-state index is 11.2. The Labute approximate surface area is 76.1 Å². The van der Waals surface area contributed by atoms with Gasteiger partial charge in [0.15, 0.2) is 0 Å². The summed E-state index contributed by atoms with van der Waals surface area (Å²) in [6.07, 6.45) is 3.57. The highest BCUT2D eigenvalue weighted by Gasteiger charge is 2.75. The Hall–Kier alpha value is -1.06. The molecule has 0 heterocycles. The van der Waals surface area contributed by atoms with E-state index >= 15 is 0 Å². The molecule has 0 aromatic heterocycles. The molecule has 0 aromatic carbocycles. The van der Waals surface area contributed by atoms with Crippen LogP contribution in [-0.2, 0) is 9.59 Å². The topological polar surface area (TPSA) is 80.4 Å². The first-order valence-electron chi connectivity index (χ1n) is 4.58. The van der Waals surface area contributed by atoms with Gasteiger partial charge in [-0.25, -0.2) is 0 Å². The maximum Gasteiger partial charge on any atom is 0.310 e. The van der Waals surface area contributed by atoms with Gasteiger partial charge in [-0.1, -0.05) is 12.8 Å². The van der Waals surface area contributed by atoms with E-state index in [1.165, 1.54) is 0 Å². The summed E-state index contributed by atoms with van der Waals surface area (Å²) in [5.74, 6) is -1.26. The molecule has 2 aliphatic rings. The number of fused-ring (bicyclic) bond motifs is 1. The van der Waals surface area contributed by atoms with Crippen LogP contribution in [0.1, 0.15) is 32.1 Å². The van der Waals surface area contributed by atoms with Crippen molar-refractivity contribution in [2.45, 2.75) is 32.1 Å². The Morgan fingerprint density at radius 2 is 1.69 bits per heavy atom. The molecule has 1 amide bonds. The number of carbonyl (C=O) groups is 2. The lowest BCUT2D eigenvalue weighted by atomic mass is 9.79. The highest BCUT2D eigenvalue weighted by Crippen LogP contribution is 2.71. The van der Waals surface area contributed by atoms with E-state index in [1.54, 1.807) is 0 Å². The summed E-state index contributed by atoms with van der Waals surface area (Å²) in [6, 6.07) is 0. The third-order valence-electron chi connectivity index (χ3n) is 3.73. The van der Waals surface area contributed by atoms with E-state index in [4.69, 9.17) is 10.8 Å². The zero-order valence-corrected chi connectivity index (χ0v) is 7.38. The molecule has 0 aliphatic heterocycles. The average Bonchev–Trinajstić information content (AvgIpc) is 2.75. The van der Waals surface area contributed by atoms with Gasteiger partial charge in [-0.2, -0.15) is 0 Å². The molecule has 4 heteroatoms. The fourth-order valence-electron chi connectivity index (χ4n) is 2.81. The van der Waals surface area contributed by atoms with Gasteiger partial charge in [0, 0.05) is 0 Å². The maximum atomic E-state index is 11.2. The van der Waals surface area contributed by atoms with Crippen molar-refractivity contribution in [1.29, 1.82) is 0 Å². The van der Waals surface area contributed by atoms with Gasteiger partial charge in [0.25, 0.3) is 0 Å². The number of carboxylic acids is 1. The van der Waals surface area contributed by atoms with E-state index in [9.17, 15) is 9.59 Å². The summed E-state index contributed by atoms with van der Waals surface area (Å²) in [5, 5.41) is 9.05. The number of nitrogens with two attached hydrogens (primary N) is 1. The molecule has 2 saturated carbocycles. The van der Waals surface area contributed by atoms with Crippen LogP contribution in [0.25, 0.3) is 0 Å². The number of aliphatic carboxylic acids is 1. The molecule has 4 nitrogen and oxygen atoms in total. The molecular formula is C9H13NO3. The van der Waals surface area contributed by atoms with Crippen molar-refractivity contribution in [1.82, 2.24) is 0 Å². The number of carboxylic acid groups (broad SMARTS) is 1. The minimum absolute atomic E-state index is 0.422. The van der Waals surface area contributed by atoms with Crippen molar-refractivity contribution in [2.24, 2.45) is 16.6 Å². The Morgan fingerprint density at radius 1 is 1.15 bits per heavy atom. The fraction of sp³-hybridized carbons (Fsp3) is 0.778. The summed E-state index contributed by atoms with van der Waals surface area (Å²) in [6.45, 7) is 0. The van der Waals surface area contributed by atoms with Crippen molar-refractivity contribution < 1.29 is 14.7 Å². The Bertz CT molecular complexity index is 261. The van der Waals surface area contributed by atoms with Crippen LogP contribution in [0.15, 0.2) is 0 Å². The molecule has 0 radical (unpaired) electrons. The third kappa shape index (κ3) is 0.806. The number of hydrogen-bond donors (Lipinski definition) is 2. The quantitative estimate of drug-likeness (QED) is 0.654. The molecule has 0 spiro atoms. The zero-order valence-electron chi connectivity index (χ0n) is 7.38. The van der Waals surface area contributed by atoms with E-state index in [0.717, 1.165) is 12.8 Å². The molecule has 0 aromatic rings. The third-order valence-corrected chi connectivity index (χ3v) is 3.73. The van der Waals surface area contributed by atoms with E-state index < -0.39 is 22.7 Å². The second kappa shape index (κ2) is 2.25. The van der Waals surface area contributed by atoms with E-state index in [-0.39, 0.29) is 0 Å². The van der Waals surface area contributed by atoms with Crippen LogP contribution in [-0.4, -0.2) is 17.0 Å². The molecule has 2 fully saturated rings. The number of primary amides is 1. The minimum atomic E-state index is -0.842. The van der Waals surface area contributed by atoms with Crippen LogP contribution in [0.2, 0.25) is 0 Å². The predicted molar refractivity (Wildman–Crippen MR) is 44.8 cm³/mol. The van der Waals surface area contributed by atoms with E-state index in [0.29, 0.717) is 19.3 Å². The molecule has 2 rings (SSSR count). The predicted octanol–water partition coefficient (Wildman–Crippen LogP) is 0.507. The highest BCUT2D eigenvalue weighted by molar-refractivity contribution is 5.95. The van der Waals surface area contributed by atoms with Gasteiger partial charge in [0.2, 0.25) is 5.91 Å². The average molecular weight is 183 g/mol. The van der Waals surface area contributed by atoms with Crippen molar-refractivity contribution in [3.05, 3.63) is 0 Å². The molecule has 0 saturated heterocycles. The van der Waals surface area contributed by atoms with Crippen LogP contribution in [0, 0.1) is 10.8 Å². The number of rotatable bonds is 2. The van der Waals surface area contributed by atoms with Crippen molar-refractivity contribution >= 4 is 11.9 Å². The second-order valence-corrected chi connectivity index (χ2v) is 4.22. The van der Waals surface area contributed by atoms with Crippen LogP contribution >= 0.6 is 0 Å². The van der Waals surface area contributed by atoms with Gasteiger partial charge in [-0.15, -0.1) is 0 Å². The van der Waals surface area contributed by atoms with Crippen LogP contribution in [0.3, 0.4) is 0 Å². The monoisotopic (exact) mass is 183 g/mol. The van der Waals surface area contributed by atoms with Crippen molar-refractivity contribution in [3.8, 4) is 0 Å². The molecule has 2 atom stereocenters. The van der Waals surface area contributed by atoms with Gasteiger partial charge in [0.1, 0.15) is 0 Å². The first kappa shape index (κ1) is 8.53. The van der Waals surface area contributed by atoms with Gasteiger partial charge < -0.3 is 10.8 Å². The lowest BCUT2D eigenvalue weighted by Gasteiger charge is -2.24. The minimum Gasteiger partial charge on any atom is -0.481 e. The molecule has 2 aliphatic carbocycles. The normalized spacial score (nSPS) is 42.2. The lowest BCUT2D eigenvalue weighted by molar-refractivity contribution is -0.148. The van der Waals surface area contributed by atoms with Crippen molar-refractivity contribution in [2.75, 3.05) is 0 Å². The molecule has 0 bridgehead atoms. The van der Waals surface area contributed by atoms with Gasteiger partial charge in [-0.3, -0.25) is 9.59 Å². The molecule has 72 valence electrons. The van der Waals surface area contributed by atoms with Crippen molar-refractivity contribution in [3.63, 3.8) is 0 Å². The highest BCUT2D eigenvalue weighted by atomic mass is 16.4. The van der Waals surface area contributed by atoms with Gasteiger partial charge in [0.05, 0.1) is 10.8 Å². The summed E-state index contributed by atoms with van der Waals surface area (Å²) >= 11 is 0. The summed E-state index contributed by atoms with van der Waals surface area (Å²) in [5.41, 5.74) is 3.77. The largest absolute Gasteiger partial charge is 0.481 e. The summed E-state index contributed by atoms with van der Waals surface area (Å²) in [7, 11) is 0. The smallest absolute Gasteiger partial charge is 0.310 e. The number of amides is 1. The number of hydrogen-bond acceptors (Lipinski definition) is 2. The molecular weight excluding hydrogens is 170 g/mol. The Morgan fingerprint density at radius 3 is 2.08 bits per heavy atom. The van der Waals surface area contributed by atoms with E-state index in [1.807, 2.05) is 0 Å². The molecule has 3 N–H and O–H groups in total. The fourth-order valence-corrected chi connectivity index (χ4v) is 2.81. The second-order valence-electron chi connectivity index (χ2n) is 4.22. The molecule has 13 heavy (non-hydrogen) atoms. The molecule has 2 unspecified atom stereocenters. The standard InChI is InChI=1S/C9H13NO3/c10-6(11)8-3-1-2-4-9(8,5-8)7(12)13/h1-5H2,(H2,10,11)(H,12,13). The number of carbonyl (C=O) groups excluding carboxylic acids is 1. The summed E-state index contributed by atoms with van der Waals surface area (Å²) in [4.78, 5) is 22.2. The SMILES string of the molecule is NC(=O)C12CCCCC1(C(=O)O)C2. The van der Waals surface area contributed by atoms with E-state index in [2.05, 4.69) is 0 Å².